The van der Waals surface area contributed by atoms with Gasteiger partial charge in [0, 0.05) is 24.4 Å². The van der Waals surface area contributed by atoms with Crippen molar-refractivity contribution in [1.82, 2.24) is 9.88 Å². The number of benzene rings is 1. The summed E-state index contributed by atoms with van der Waals surface area (Å²) in [5.41, 5.74) is 1.92. The minimum Gasteiger partial charge on any atom is -0.494 e. The molecule has 152 valence electrons. The van der Waals surface area contributed by atoms with Crippen LogP contribution in [0, 0.1) is 5.92 Å². The minimum atomic E-state index is -4.36. The number of carbonyl (C=O) groups is 1. The summed E-state index contributed by atoms with van der Waals surface area (Å²) in [5, 5.41) is 11.4. The Labute approximate surface area is 164 Å². The molecule has 0 radical (unpaired) electrons. The van der Waals surface area contributed by atoms with E-state index in [4.69, 9.17) is 4.74 Å². The second kappa shape index (κ2) is 8.81. The summed E-state index contributed by atoms with van der Waals surface area (Å²) < 4.78 is 43.3. The lowest BCUT2D eigenvalue weighted by Gasteiger charge is -2.37. The molecular weight excluding hydrogens is 393 g/mol. The molecule has 1 aliphatic rings. The number of nitrogens with zero attached hydrogens (tertiary/aromatic N) is 2. The molecule has 0 spiro atoms. The number of hydrogen-bond acceptors (Lipinski definition) is 4. The van der Waals surface area contributed by atoms with Crippen LogP contribution < -0.4 is 4.74 Å². The smallest absolute Gasteiger partial charge is 0.416 e. The molecule has 9 heteroatoms. The first-order valence-electron chi connectivity index (χ1n) is 8.99. The number of thiazole rings is 1. The predicted molar refractivity (Wildman–Crippen MR) is 98.6 cm³/mol. The van der Waals surface area contributed by atoms with Crippen molar-refractivity contribution in [2.75, 3.05) is 13.2 Å². The molecule has 2 heterocycles. The molecule has 2 aromatic rings. The van der Waals surface area contributed by atoms with Crippen molar-refractivity contribution < 1.29 is 27.8 Å². The van der Waals surface area contributed by atoms with Gasteiger partial charge in [-0.15, -0.1) is 11.3 Å². The summed E-state index contributed by atoms with van der Waals surface area (Å²) in [7, 11) is 0. The quantitative estimate of drug-likeness (QED) is 0.728. The highest BCUT2D eigenvalue weighted by atomic mass is 32.1. The first-order chi connectivity index (χ1) is 13.3. The molecule has 1 amide bonds. The number of ether oxygens (including phenoxy) is 1. The Morgan fingerprint density at radius 3 is 2.68 bits per heavy atom. The van der Waals surface area contributed by atoms with Crippen molar-refractivity contribution in [3.8, 4) is 5.75 Å². The zero-order valence-corrected chi connectivity index (χ0v) is 15.9. The van der Waals surface area contributed by atoms with Crippen LogP contribution in [-0.4, -0.2) is 40.3 Å². The van der Waals surface area contributed by atoms with E-state index in [1.807, 2.05) is 5.38 Å². The van der Waals surface area contributed by atoms with Crippen molar-refractivity contribution in [1.29, 1.82) is 0 Å². The summed E-state index contributed by atoms with van der Waals surface area (Å²) in [5.74, 6) is 0.698. The highest BCUT2D eigenvalue weighted by Gasteiger charge is 2.32. The van der Waals surface area contributed by atoms with Gasteiger partial charge in [-0.05, 0) is 49.4 Å². The van der Waals surface area contributed by atoms with Gasteiger partial charge in [-0.3, -0.25) is 0 Å². The summed E-state index contributed by atoms with van der Waals surface area (Å²) in [4.78, 5) is 17.2. The number of alkyl halides is 3. The third-order valence-corrected chi connectivity index (χ3v) is 5.61. The molecule has 0 aliphatic carbocycles. The van der Waals surface area contributed by atoms with Crippen LogP contribution >= 0.6 is 11.3 Å². The second-order valence-electron chi connectivity index (χ2n) is 6.86. The molecule has 1 N–H and O–H groups in total. The van der Waals surface area contributed by atoms with Gasteiger partial charge in [0.05, 0.1) is 23.4 Å². The van der Waals surface area contributed by atoms with Gasteiger partial charge in [-0.1, -0.05) is 0 Å². The minimum absolute atomic E-state index is 0.121. The largest absolute Gasteiger partial charge is 0.494 e. The van der Waals surface area contributed by atoms with E-state index in [2.05, 4.69) is 4.98 Å². The molecule has 2 unspecified atom stereocenters. The Morgan fingerprint density at radius 1 is 1.32 bits per heavy atom. The number of halogens is 3. The average Bonchev–Trinajstić information content (AvgIpc) is 3.14. The molecule has 1 aromatic heterocycles. The Balaban J connectivity index is 1.51. The van der Waals surface area contributed by atoms with E-state index >= 15 is 0 Å². The molecule has 1 fully saturated rings. The molecule has 1 aromatic carbocycles. The van der Waals surface area contributed by atoms with Gasteiger partial charge in [0.1, 0.15) is 5.75 Å². The Bertz CT molecular complexity index is 766. The fraction of sp³-hybridized carbons (Fsp3) is 0.474. The van der Waals surface area contributed by atoms with Crippen molar-refractivity contribution in [3.63, 3.8) is 0 Å². The van der Waals surface area contributed by atoms with E-state index in [0.29, 0.717) is 31.2 Å². The molecule has 0 saturated carbocycles. The molecule has 1 saturated heterocycles. The van der Waals surface area contributed by atoms with Crippen LogP contribution in [0.4, 0.5) is 18.0 Å². The fourth-order valence-corrected chi connectivity index (χ4v) is 4.08. The van der Waals surface area contributed by atoms with Gasteiger partial charge < -0.3 is 14.7 Å². The maximum Gasteiger partial charge on any atom is 0.416 e. The van der Waals surface area contributed by atoms with Crippen LogP contribution in [0.3, 0.4) is 0 Å². The monoisotopic (exact) mass is 414 g/mol. The van der Waals surface area contributed by atoms with E-state index in [1.165, 1.54) is 28.4 Å². The standard InChI is InChI=1S/C19H21F3N2O3S/c20-19(21,22)14-1-3-17(4-2-14)27-8-6-13-5-7-24(18(25)26)16(9-13)10-15-11-28-12-23-15/h1-4,11-13,16H,5-10H2,(H,25,26). The second-order valence-corrected chi connectivity index (χ2v) is 7.58. The molecule has 5 nitrogen and oxygen atoms in total. The number of amides is 1. The van der Waals surface area contributed by atoms with E-state index in [0.717, 1.165) is 37.1 Å². The van der Waals surface area contributed by atoms with Gasteiger partial charge in [-0.2, -0.15) is 13.2 Å². The van der Waals surface area contributed by atoms with Gasteiger partial charge in [0.25, 0.3) is 0 Å². The Morgan fingerprint density at radius 2 is 2.07 bits per heavy atom. The normalized spacial score (nSPS) is 20.2. The molecule has 0 bridgehead atoms. The summed E-state index contributed by atoms with van der Waals surface area (Å²) in [6.07, 6.45) is -2.49. The number of likely N-dealkylation sites (tertiary alicyclic amines) is 1. The zero-order valence-electron chi connectivity index (χ0n) is 15.1. The van der Waals surface area contributed by atoms with Crippen molar-refractivity contribution in [2.24, 2.45) is 5.92 Å². The lowest BCUT2D eigenvalue weighted by Crippen LogP contribution is -2.46. The van der Waals surface area contributed by atoms with Crippen LogP contribution in [0.1, 0.15) is 30.5 Å². The number of aromatic nitrogens is 1. The highest BCUT2D eigenvalue weighted by molar-refractivity contribution is 7.07. The number of carboxylic acid groups (broad SMARTS) is 1. The lowest BCUT2D eigenvalue weighted by atomic mass is 9.87. The number of hydrogen-bond donors (Lipinski definition) is 1. The molecule has 28 heavy (non-hydrogen) atoms. The van der Waals surface area contributed by atoms with Crippen LogP contribution in [0.2, 0.25) is 0 Å². The summed E-state index contributed by atoms with van der Waals surface area (Å²) in [6, 6.07) is 4.53. The number of piperidine rings is 1. The average molecular weight is 414 g/mol. The molecule has 2 atom stereocenters. The summed E-state index contributed by atoms with van der Waals surface area (Å²) >= 11 is 1.49. The highest BCUT2D eigenvalue weighted by Crippen LogP contribution is 2.31. The fourth-order valence-electron chi connectivity index (χ4n) is 3.50. The third-order valence-electron chi connectivity index (χ3n) is 4.97. The Hall–Kier alpha value is -2.29. The first-order valence-corrected chi connectivity index (χ1v) is 9.94. The Kier molecular flexibility index (Phi) is 6.43. The van der Waals surface area contributed by atoms with Crippen molar-refractivity contribution >= 4 is 17.4 Å². The lowest BCUT2D eigenvalue weighted by molar-refractivity contribution is -0.137. The zero-order chi connectivity index (χ0) is 20.1. The van der Waals surface area contributed by atoms with Crippen LogP contribution in [0.5, 0.6) is 5.75 Å². The third kappa shape index (κ3) is 5.37. The van der Waals surface area contributed by atoms with Gasteiger partial charge in [0.15, 0.2) is 0 Å². The van der Waals surface area contributed by atoms with E-state index in [-0.39, 0.29) is 6.04 Å². The molecular formula is C19H21F3N2O3S. The predicted octanol–water partition coefficient (Wildman–Crippen LogP) is 4.93. The van der Waals surface area contributed by atoms with E-state index in [1.54, 1.807) is 5.51 Å². The van der Waals surface area contributed by atoms with E-state index < -0.39 is 17.8 Å². The first kappa shape index (κ1) is 20.4. The maximum absolute atomic E-state index is 12.6. The maximum atomic E-state index is 12.6. The van der Waals surface area contributed by atoms with Gasteiger partial charge >= 0.3 is 12.3 Å². The van der Waals surface area contributed by atoms with Gasteiger partial charge in [-0.25, -0.2) is 9.78 Å². The van der Waals surface area contributed by atoms with Crippen molar-refractivity contribution in [3.05, 3.63) is 46.4 Å². The SMILES string of the molecule is O=C(O)N1CCC(CCOc2ccc(C(F)(F)F)cc2)CC1Cc1cscn1. The number of rotatable bonds is 6. The van der Waals surface area contributed by atoms with Crippen LogP contribution in [0.15, 0.2) is 35.2 Å². The van der Waals surface area contributed by atoms with Gasteiger partial charge in [0.2, 0.25) is 0 Å². The molecule has 3 rings (SSSR count). The van der Waals surface area contributed by atoms with Crippen LogP contribution in [-0.2, 0) is 12.6 Å². The summed E-state index contributed by atoms with van der Waals surface area (Å²) in [6.45, 7) is 0.849. The van der Waals surface area contributed by atoms with Crippen molar-refractivity contribution in [2.45, 2.75) is 37.9 Å². The molecule has 1 aliphatic heterocycles. The van der Waals surface area contributed by atoms with Crippen LogP contribution in [0.25, 0.3) is 0 Å². The van der Waals surface area contributed by atoms with E-state index in [9.17, 15) is 23.1 Å². The topological polar surface area (TPSA) is 62.7 Å².